The third-order valence-electron chi connectivity index (χ3n) is 2.84. The normalized spacial score (nSPS) is 10.3. The number of benzene rings is 1. The van der Waals surface area contributed by atoms with Gasteiger partial charge in [-0.3, -0.25) is 4.79 Å². The van der Waals surface area contributed by atoms with Crippen LogP contribution in [0, 0.1) is 0 Å². The molecule has 0 saturated heterocycles. The van der Waals surface area contributed by atoms with E-state index in [0.717, 1.165) is 17.7 Å². The van der Waals surface area contributed by atoms with Crippen LogP contribution in [0.5, 0.6) is 0 Å². The lowest BCUT2D eigenvalue weighted by Gasteiger charge is -2.00. The lowest BCUT2D eigenvalue weighted by atomic mass is 10.1. The Balaban J connectivity index is 2.16. The molecule has 0 N–H and O–H groups in total. The minimum absolute atomic E-state index is 0.0732. The van der Waals surface area contributed by atoms with Gasteiger partial charge in [0.25, 0.3) is 0 Å². The van der Waals surface area contributed by atoms with Gasteiger partial charge < -0.3 is 0 Å². The Hall–Kier alpha value is -2.16. The molecule has 0 radical (unpaired) electrons. The molecule has 0 amide bonds. The zero-order chi connectivity index (χ0) is 13.0. The summed E-state index contributed by atoms with van der Waals surface area (Å²) in [6.07, 6.45) is 4.61. The Morgan fingerprint density at radius 1 is 1.33 bits per heavy atom. The lowest BCUT2D eigenvalue weighted by Crippen LogP contribution is -1.99. The Kier molecular flexibility index (Phi) is 3.72. The van der Waals surface area contributed by atoms with Crippen LogP contribution in [0.15, 0.2) is 54.9 Å². The molecule has 0 unspecified atom stereocenters. The fourth-order valence-electron chi connectivity index (χ4n) is 1.64. The van der Waals surface area contributed by atoms with Gasteiger partial charge in [0.2, 0.25) is 0 Å². The standard InChI is InChI=1S/C15H16N2O/c1-3-12(2)9-15(18)13-10-16-17(11-13)14-7-5-4-6-8-14/h4-8,10-11H,2-3,9H2,1H3. The number of allylic oxidation sites excluding steroid dienone is 1. The summed E-state index contributed by atoms with van der Waals surface area (Å²) in [6.45, 7) is 5.86. The number of hydrogen-bond donors (Lipinski definition) is 0. The minimum Gasteiger partial charge on any atom is -0.294 e. The first-order chi connectivity index (χ1) is 8.70. The number of hydrogen-bond acceptors (Lipinski definition) is 2. The molecule has 0 spiro atoms. The molecule has 3 nitrogen and oxygen atoms in total. The first-order valence-corrected chi connectivity index (χ1v) is 6.00. The van der Waals surface area contributed by atoms with E-state index in [4.69, 9.17) is 0 Å². The molecule has 2 rings (SSSR count). The SMILES string of the molecule is C=C(CC)CC(=O)c1cnn(-c2ccccc2)c1. The first-order valence-electron chi connectivity index (χ1n) is 6.00. The van der Waals surface area contributed by atoms with E-state index in [2.05, 4.69) is 11.7 Å². The smallest absolute Gasteiger partial charge is 0.170 e. The zero-order valence-corrected chi connectivity index (χ0v) is 10.5. The number of ketones is 1. The molecule has 1 aromatic heterocycles. The van der Waals surface area contributed by atoms with Crippen molar-refractivity contribution in [3.8, 4) is 5.69 Å². The van der Waals surface area contributed by atoms with Gasteiger partial charge in [0.1, 0.15) is 0 Å². The van der Waals surface area contributed by atoms with Crippen molar-refractivity contribution < 1.29 is 4.79 Å². The number of aromatic nitrogens is 2. The van der Waals surface area contributed by atoms with Crippen LogP contribution in [-0.2, 0) is 0 Å². The molecular weight excluding hydrogens is 224 g/mol. The van der Waals surface area contributed by atoms with Crippen LogP contribution in [-0.4, -0.2) is 15.6 Å². The summed E-state index contributed by atoms with van der Waals surface area (Å²) >= 11 is 0. The molecule has 0 aliphatic rings. The van der Waals surface area contributed by atoms with Gasteiger partial charge in [-0.1, -0.05) is 37.3 Å². The number of carbonyl (C=O) groups excluding carboxylic acids is 1. The van der Waals surface area contributed by atoms with Crippen LogP contribution >= 0.6 is 0 Å². The van der Waals surface area contributed by atoms with Gasteiger partial charge in [0, 0.05) is 12.6 Å². The second-order valence-electron chi connectivity index (χ2n) is 4.21. The molecule has 0 saturated carbocycles. The molecule has 1 heterocycles. The zero-order valence-electron chi connectivity index (χ0n) is 10.5. The molecule has 0 aliphatic carbocycles. The predicted molar refractivity (Wildman–Crippen MR) is 71.9 cm³/mol. The minimum atomic E-state index is 0.0732. The van der Waals surface area contributed by atoms with Crippen molar-refractivity contribution in [3.05, 3.63) is 60.4 Å². The van der Waals surface area contributed by atoms with E-state index in [1.165, 1.54) is 0 Å². The molecule has 18 heavy (non-hydrogen) atoms. The van der Waals surface area contributed by atoms with Crippen molar-refractivity contribution in [2.24, 2.45) is 0 Å². The van der Waals surface area contributed by atoms with Crippen LogP contribution in [0.25, 0.3) is 5.69 Å². The highest BCUT2D eigenvalue weighted by Gasteiger charge is 2.10. The monoisotopic (exact) mass is 240 g/mol. The molecular formula is C15H16N2O. The molecule has 0 fully saturated rings. The van der Waals surface area contributed by atoms with E-state index < -0.39 is 0 Å². The summed E-state index contributed by atoms with van der Waals surface area (Å²) in [5.74, 6) is 0.0732. The second-order valence-corrected chi connectivity index (χ2v) is 4.21. The van der Waals surface area contributed by atoms with Crippen LogP contribution in [0.4, 0.5) is 0 Å². The van der Waals surface area contributed by atoms with Crippen LogP contribution in [0.3, 0.4) is 0 Å². The van der Waals surface area contributed by atoms with Crippen molar-refractivity contribution in [1.29, 1.82) is 0 Å². The first kappa shape index (κ1) is 12.3. The van der Waals surface area contributed by atoms with Gasteiger partial charge in [-0.25, -0.2) is 4.68 Å². The van der Waals surface area contributed by atoms with E-state index >= 15 is 0 Å². The highest BCUT2D eigenvalue weighted by Crippen LogP contribution is 2.12. The van der Waals surface area contributed by atoms with E-state index in [9.17, 15) is 4.79 Å². The van der Waals surface area contributed by atoms with Crippen molar-refractivity contribution in [1.82, 2.24) is 9.78 Å². The molecule has 92 valence electrons. The van der Waals surface area contributed by atoms with Crippen molar-refractivity contribution in [2.45, 2.75) is 19.8 Å². The second kappa shape index (κ2) is 5.45. The molecule has 2 aromatic rings. The summed E-state index contributed by atoms with van der Waals surface area (Å²) < 4.78 is 1.71. The fraction of sp³-hybridized carbons (Fsp3) is 0.200. The Labute approximate surface area is 107 Å². The third kappa shape index (κ3) is 2.74. The molecule has 0 atom stereocenters. The van der Waals surface area contributed by atoms with Gasteiger partial charge in [-0.05, 0) is 18.6 Å². The summed E-state index contributed by atoms with van der Waals surface area (Å²) in [5.41, 5.74) is 2.53. The van der Waals surface area contributed by atoms with Gasteiger partial charge in [-0.15, -0.1) is 0 Å². The highest BCUT2D eigenvalue weighted by molar-refractivity contribution is 5.97. The topological polar surface area (TPSA) is 34.9 Å². The van der Waals surface area contributed by atoms with Gasteiger partial charge in [0.05, 0.1) is 17.4 Å². The third-order valence-corrected chi connectivity index (χ3v) is 2.84. The van der Waals surface area contributed by atoms with Crippen molar-refractivity contribution in [3.63, 3.8) is 0 Å². The van der Waals surface area contributed by atoms with Gasteiger partial charge >= 0.3 is 0 Å². The number of rotatable bonds is 5. The van der Waals surface area contributed by atoms with Crippen LogP contribution in [0.1, 0.15) is 30.1 Å². The van der Waals surface area contributed by atoms with E-state index in [0.29, 0.717) is 12.0 Å². The van der Waals surface area contributed by atoms with Crippen molar-refractivity contribution in [2.75, 3.05) is 0 Å². The number of para-hydroxylation sites is 1. The van der Waals surface area contributed by atoms with E-state index in [1.54, 1.807) is 17.1 Å². The largest absolute Gasteiger partial charge is 0.294 e. The van der Waals surface area contributed by atoms with Gasteiger partial charge in [0.15, 0.2) is 5.78 Å². The average molecular weight is 240 g/mol. The Morgan fingerprint density at radius 3 is 2.72 bits per heavy atom. The summed E-state index contributed by atoms with van der Waals surface area (Å²) in [7, 11) is 0. The number of Topliss-reactive ketones (excluding diaryl/α,β-unsaturated/α-hetero) is 1. The van der Waals surface area contributed by atoms with Crippen LogP contribution < -0.4 is 0 Å². The maximum absolute atomic E-state index is 11.9. The molecule has 1 aromatic carbocycles. The molecule has 0 aliphatic heterocycles. The van der Waals surface area contributed by atoms with E-state index in [1.807, 2.05) is 37.3 Å². The molecule has 3 heteroatoms. The number of nitrogens with zero attached hydrogens (tertiary/aromatic N) is 2. The van der Waals surface area contributed by atoms with Gasteiger partial charge in [-0.2, -0.15) is 5.10 Å². The van der Waals surface area contributed by atoms with E-state index in [-0.39, 0.29) is 5.78 Å². The fourth-order valence-corrected chi connectivity index (χ4v) is 1.64. The van der Waals surface area contributed by atoms with Crippen molar-refractivity contribution >= 4 is 5.78 Å². The number of carbonyl (C=O) groups is 1. The highest BCUT2D eigenvalue weighted by atomic mass is 16.1. The summed E-state index contributed by atoms with van der Waals surface area (Å²) in [6, 6.07) is 9.73. The summed E-state index contributed by atoms with van der Waals surface area (Å²) in [4.78, 5) is 11.9. The average Bonchev–Trinajstić information content (AvgIpc) is 2.89. The maximum Gasteiger partial charge on any atom is 0.170 e. The van der Waals surface area contributed by atoms with Crippen LogP contribution in [0.2, 0.25) is 0 Å². The predicted octanol–water partition coefficient (Wildman–Crippen LogP) is 3.41. The Bertz CT molecular complexity index is 555. The maximum atomic E-state index is 11.9. The quantitative estimate of drug-likeness (QED) is 0.593. The molecule has 0 bridgehead atoms. The summed E-state index contributed by atoms with van der Waals surface area (Å²) in [5, 5.41) is 4.21. The Morgan fingerprint density at radius 2 is 2.06 bits per heavy atom. The lowest BCUT2D eigenvalue weighted by molar-refractivity contribution is 0.0992.